The minimum atomic E-state index is -1.24. The molecule has 0 amide bonds. The molecule has 1 N–H and O–H groups in total. The first-order chi connectivity index (χ1) is 9.40. The average Bonchev–Trinajstić information content (AvgIpc) is 2.39. The highest BCUT2D eigenvalue weighted by Crippen LogP contribution is 2.37. The highest BCUT2D eigenvalue weighted by Gasteiger charge is 2.27. The van der Waals surface area contributed by atoms with Crippen LogP contribution in [0.15, 0.2) is 12.1 Å². The number of benzene rings is 1. The molecule has 1 aliphatic rings. The van der Waals surface area contributed by atoms with Crippen molar-refractivity contribution in [1.29, 1.82) is 0 Å². The molecule has 0 radical (unpaired) electrons. The van der Waals surface area contributed by atoms with Gasteiger partial charge in [0.05, 0.1) is 15.5 Å². The summed E-state index contributed by atoms with van der Waals surface area (Å²) in [5, 5.41) is 20.2. The van der Waals surface area contributed by atoms with Crippen LogP contribution < -0.4 is 4.90 Å². The van der Waals surface area contributed by atoms with Crippen molar-refractivity contribution in [2.24, 2.45) is 0 Å². The lowest BCUT2D eigenvalue weighted by Crippen LogP contribution is -2.44. The highest BCUT2D eigenvalue weighted by atomic mass is 35.5. The predicted molar refractivity (Wildman–Crippen MR) is 74.8 cm³/mol. The number of hydrogen-bond acceptors (Lipinski definition) is 5. The molecule has 8 heteroatoms. The minimum Gasteiger partial charge on any atom is -0.478 e. The number of halogens is 1. The van der Waals surface area contributed by atoms with Gasteiger partial charge in [0, 0.05) is 32.2 Å². The zero-order valence-electron chi connectivity index (χ0n) is 10.9. The van der Waals surface area contributed by atoms with E-state index in [2.05, 4.69) is 4.90 Å². The van der Waals surface area contributed by atoms with Crippen LogP contribution >= 0.6 is 11.6 Å². The lowest BCUT2D eigenvalue weighted by Gasteiger charge is -2.34. The third-order valence-corrected chi connectivity index (χ3v) is 3.59. The summed E-state index contributed by atoms with van der Waals surface area (Å²) in [7, 11) is 1.97. The van der Waals surface area contributed by atoms with E-state index in [4.69, 9.17) is 16.7 Å². The summed E-state index contributed by atoms with van der Waals surface area (Å²) in [6.45, 7) is 2.77. The van der Waals surface area contributed by atoms with Crippen molar-refractivity contribution in [3.05, 3.63) is 32.8 Å². The quantitative estimate of drug-likeness (QED) is 0.675. The molecule has 1 aliphatic heterocycles. The Labute approximate surface area is 120 Å². The molecule has 0 saturated carbocycles. The van der Waals surface area contributed by atoms with Crippen molar-refractivity contribution in [1.82, 2.24) is 4.90 Å². The van der Waals surface area contributed by atoms with E-state index in [0.29, 0.717) is 18.8 Å². The van der Waals surface area contributed by atoms with Crippen LogP contribution in [0.1, 0.15) is 10.4 Å². The molecule has 1 fully saturated rings. The summed E-state index contributed by atoms with van der Waals surface area (Å²) in [6.07, 6.45) is 0. The van der Waals surface area contributed by atoms with Gasteiger partial charge in [0.1, 0.15) is 5.69 Å². The molecule has 0 spiro atoms. The fourth-order valence-electron chi connectivity index (χ4n) is 2.19. The number of carbonyl (C=O) groups is 1. The molecule has 108 valence electrons. The molecule has 7 nitrogen and oxygen atoms in total. The van der Waals surface area contributed by atoms with Crippen molar-refractivity contribution in [3.8, 4) is 0 Å². The van der Waals surface area contributed by atoms with Crippen molar-refractivity contribution in [2.75, 3.05) is 38.1 Å². The SMILES string of the molecule is CN1CCN(c2c(Cl)cc(C(=O)O)cc2[N+](=O)[O-])CC1. The zero-order valence-corrected chi connectivity index (χ0v) is 11.6. The maximum atomic E-state index is 11.2. The number of carboxylic acid groups (broad SMARTS) is 1. The molecule has 0 unspecified atom stereocenters. The van der Waals surface area contributed by atoms with Crippen LogP contribution in [0, 0.1) is 10.1 Å². The molecular weight excluding hydrogens is 286 g/mol. The molecule has 0 bridgehead atoms. The van der Waals surface area contributed by atoms with E-state index < -0.39 is 10.9 Å². The number of piperazine rings is 1. The van der Waals surface area contributed by atoms with E-state index in [-0.39, 0.29) is 16.3 Å². The van der Waals surface area contributed by atoms with E-state index in [0.717, 1.165) is 19.2 Å². The highest BCUT2D eigenvalue weighted by molar-refractivity contribution is 6.34. The molecule has 0 aromatic heterocycles. The number of nitro benzene ring substituents is 1. The number of rotatable bonds is 3. The van der Waals surface area contributed by atoms with Gasteiger partial charge >= 0.3 is 5.97 Å². The van der Waals surface area contributed by atoms with Crippen LogP contribution in [0.2, 0.25) is 5.02 Å². The van der Waals surface area contributed by atoms with Crippen LogP contribution in [0.3, 0.4) is 0 Å². The Balaban J connectivity index is 2.46. The molecule has 20 heavy (non-hydrogen) atoms. The molecule has 1 heterocycles. The smallest absolute Gasteiger partial charge is 0.335 e. The topological polar surface area (TPSA) is 86.9 Å². The lowest BCUT2D eigenvalue weighted by atomic mass is 10.1. The van der Waals surface area contributed by atoms with Gasteiger partial charge in [0.15, 0.2) is 0 Å². The number of hydrogen-bond donors (Lipinski definition) is 1. The summed E-state index contributed by atoms with van der Waals surface area (Å²) in [5.74, 6) is -1.24. The van der Waals surface area contributed by atoms with E-state index in [9.17, 15) is 14.9 Å². The van der Waals surface area contributed by atoms with Crippen molar-refractivity contribution in [2.45, 2.75) is 0 Å². The summed E-state index contributed by atoms with van der Waals surface area (Å²) in [4.78, 5) is 25.5. The Morgan fingerprint density at radius 2 is 1.95 bits per heavy atom. The van der Waals surface area contributed by atoms with Gasteiger partial charge in [-0.1, -0.05) is 11.6 Å². The Morgan fingerprint density at radius 1 is 1.35 bits per heavy atom. The van der Waals surface area contributed by atoms with Crippen LogP contribution in [0.4, 0.5) is 11.4 Å². The van der Waals surface area contributed by atoms with Crippen molar-refractivity contribution < 1.29 is 14.8 Å². The Kier molecular flexibility index (Phi) is 4.10. The number of likely N-dealkylation sites (N-methyl/N-ethyl adjacent to an activating group) is 1. The van der Waals surface area contributed by atoms with E-state index in [1.54, 1.807) is 0 Å². The second-order valence-electron chi connectivity index (χ2n) is 4.68. The van der Waals surface area contributed by atoms with Crippen LogP contribution in [-0.2, 0) is 0 Å². The third-order valence-electron chi connectivity index (χ3n) is 3.31. The van der Waals surface area contributed by atoms with Gasteiger partial charge in [-0.05, 0) is 13.1 Å². The first-order valence-electron chi connectivity index (χ1n) is 6.05. The van der Waals surface area contributed by atoms with Gasteiger partial charge in [-0.3, -0.25) is 10.1 Å². The van der Waals surface area contributed by atoms with Gasteiger partial charge in [0.2, 0.25) is 0 Å². The fourth-order valence-corrected chi connectivity index (χ4v) is 2.52. The zero-order chi connectivity index (χ0) is 14.9. The normalized spacial score (nSPS) is 16.2. The maximum absolute atomic E-state index is 11.2. The minimum absolute atomic E-state index is 0.0983. The molecule has 0 aliphatic carbocycles. The average molecular weight is 300 g/mol. The second-order valence-corrected chi connectivity index (χ2v) is 5.09. The Morgan fingerprint density at radius 3 is 2.45 bits per heavy atom. The summed E-state index contributed by atoms with van der Waals surface area (Å²) >= 11 is 6.07. The number of nitrogens with zero attached hydrogens (tertiary/aromatic N) is 3. The van der Waals surface area contributed by atoms with Gasteiger partial charge < -0.3 is 14.9 Å². The number of carboxylic acids is 1. The van der Waals surface area contributed by atoms with Gasteiger partial charge in [0.25, 0.3) is 5.69 Å². The predicted octanol–water partition coefficient (Wildman–Crippen LogP) is 1.70. The van der Waals surface area contributed by atoms with Crippen LogP contribution in [-0.4, -0.2) is 54.1 Å². The maximum Gasteiger partial charge on any atom is 0.335 e. The Hall–Kier alpha value is -1.86. The monoisotopic (exact) mass is 299 g/mol. The third kappa shape index (κ3) is 2.83. The van der Waals surface area contributed by atoms with E-state index in [1.165, 1.54) is 6.07 Å². The number of anilines is 1. The van der Waals surface area contributed by atoms with Crippen molar-refractivity contribution in [3.63, 3.8) is 0 Å². The van der Waals surface area contributed by atoms with Gasteiger partial charge in [-0.15, -0.1) is 0 Å². The largest absolute Gasteiger partial charge is 0.478 e. The summed E-state index contributed by atoms with van der Waals surface area (Å²) in [6, 6.07) is 2.31. The fraction of sp³-hybridized carbons (Fsp3) is 0.417. The summed E-state index contributed by atoms with van der Waals surface area (Å²) in [5.41, 5.74) is -0.145. The van der Waals surface area contributed by atoms with E-state index >= 15 is 0 Å². The van der Waals surface area contributed by atoms with Gasteiger partial charge in [-0.2, -0.15) is 0 Å². The number of aromatic carboxylic acids is 1. The molecule has 0 atom stereocenters. The number of nitro groups is 1. The van der Waals surface area contributed by atoms with Crippen molar-refractivity contribution >= 4 is 28.9 Å². The van der Waals surface area contributed by atoms with E-state index in [1.807, 2.05) is 11.9 Å². The standard InChI is InChI=1S/C12H14ClN3O4/c1-14-2-4-15(5-3-14)11-9(13)6-8(12(17)18)7-10(11)16(19)20/h6-7H,2-5H2,1H3,(H,17,18). The van der Waals surface area contributed by atoms with Gasteiger partial charge in [-0.25, -0.2) is 4.79 Å². The Bertz CT molecular complexity index is 556. The first-order valence-corrected chi connectivity index (χ1v) is 6.42. The molecule has 1 saturated heterocycles. The lowest BCUT2D eigenvalue weighted by molar-refractivity contribution is -0.384. The molecule has 1 aromatic rings. The second kappa shape index (κ2) is 5.64. The molecule has 1 aromatic carbocycles. The van der Waals surface area contributed by atoms with Crippen LogP contribution in [0.25, 0.3) is 0 Å². The first kappa shape index (κ1) is 14.5. The molecule has 2 rings (SSSR count). The summed E-state index contributed by atoms with van der Waals surface area (Å²) < 4.78 is 0. The molecular formula is C12H14ClN3O4. The van der Waals surface area contributed by atoms with Crippen LogP contribution in [0.5, 0.6) is 0 Å².